The maximum Gasteiger partial charge on any atom is 0.339 e. The van der Waals surface area contributed by atoms with Gasteiger partial charge < -0.3 is 14.4 Å². The molecule has 0 N–H and O–H groups in total. The number of aryl methyl sites for hydroxylation is 3. The van der Waals surface area contributed by atoms with Crippen molar-refractivity contribution in [3.8, 4) is 5.75 Å². The van der Waals surface area contributed by atoms with Crippen LogP contribution in [0.3, 0.4) is 0 Å². The van der Waals surface area contributed by atoms with Gasteiger partial charge in [-0.1, -0.05) is 29.8 Å². The lowest BCUT2D eigenvalue weighted by Gasteiger charge is -2.18. The largest absolute Gasteiger partial charge is 0.494 e. The average Bonchev–Trinajstić information content (AvgIpc) is 2.60. The number of hydrogen-bond acceptors (Lipinski definition) is 4. The minimum atomic E-state index is -0.465. The molecule has 0 spiro atoms. The fraction of sp³-hybridized carbons (Fsp3) is 0.364. The Bertz CT molecular complexity index is 789. The normalized spacial score (nSPS) is 10.4. The van der Waals surface area contributed by atoms with Crippen LogP contribution in [0.5, 0.6) is 5.75 Å². The summed E-state index contributed by atoms with van der Waals surface area (Å²) in [4.78, 5) is 26.2. The second-order valence-corrected chi connectivity index (χ2v) is 6.68. The third-order valence-corrected chi connectivity index (χ3v) is 4.29. The molecule has 0 saturated heterocycles. The second kappa shape index (κ2) is 9.21. The van der Waals surface area contributed by atoms with Gasteiger partial charge in [-0.05, 0) is 56.5 Å². The highest BCUT2D eigenvalue weighted by molar-refractivity contribution is 5.94. The van der Waals surface area contributed by atoms with E-state index in [1.54, 1.807) is 7.05 Å². The van der Waals surface area contributed by atoms with E-state index in [4.69, 9.17) is 9.47 Å². The van der Waals surface area contributed by atoms with Gasteiger partial charge in [-0.25, -0.2) is 4.79 Å². The molecule has 0 fully saturated rings. The molecule has 2 aromatic rings. The van der Waals surface area contributed by atoms with Gasteiger partial charge in [0, 0.05) is 13.6 Å². The Kier molecular flexibility index (Phi) is 6.99. The lowest BCUT2D eigenvalue weighted by Crippen LogP contribution is -2.31. The zero-order valence-corrected chi connectivity index (χ0v) is 16.7. The van der Waals surface area contributed by atoms with E-state index in [0.29, 0.717) is 18.7 Å². The maximum absolute atomic E-state index is 12.4. The molecule has 0 aliphatic heterocycles. The van der Waals surface area contributed by atoms with Crippen LogP contribution in [-0.4, -0.2) is 37.0 Å². The monoisotopic (exact) mass is 369 g/mol. The number of hydrogen-bond donors (Lipinski definition) is 0. The van der Waals surface area contributed by atoms with Crippen molar-refractivity contribution in [1.82, 2.24) is 4.90 Å². The molecule has 1 amide bonds. The molecule has 0 bridgehead atoms. The van der Waals surface area contributed by atoms with Crippen molar-refractivity contribution < 1.29 is 19.1 Å². The van der Waals surface area contributed by atoms with E-state index in [9.17, 15) is 9.59 Å². The minimum absolute atomic E-state index is 0.250. The first-order valence-electron chi connectivity index (χ1n) is 9.02. The Morgan fingerprint density at radius 1 is 1.00 bits per heavy atom. The average molecular weight is 369 g/mol. The molecular formula is C22H27NO4. The highest BCUT2D eigenvalue weighted by Gasteiger charge is 2.17. The predicted octanol–water partition coefficient (Wildman–Crippen LogP) is 3.83. The molecule has 2 aromatic carbocycles. The van der Waals surface area contributed by atoms with Gasteiger partial charge in [-0.3, -0.25) is 4.79 Å². The van der Waals surface area contributed by atoms with Crippen LogP contribution < -0.4 is 4.74 Å². The zero-order chi connectivity index (χ0) is 20.0. The summed E-state index contributed by atoms with van der Waals surface area (Å²) in [5, 5.41) is 0. The standard InChI is InChI=1S/C22H27NO4/c1-6-26-19-9-7-18(8-10-19)13-23(5)20(24)14-27-22(25)21-16(3)11-15(2)12-17(21)4/h7-12H,6,13-14H2,1-5H3. The number of esters is 1. The van der Waals surface area contributed by atoms with Crippen LogP contribution in [0.4, 0.5) is 0 Å². The number of carbonyl (C=O) groups excluding carboxylic acids is 2. The highest BCUT2D eigenvalue weighted by Crippen LogP contribution is 2.18. The van der Waals surface area contributed by atoms with E-state index in [0.717, 1.165) is 28.0 Å². The van der Waals surface area contributed by atoms with E-state index >= 15 is 0 Å². The van der Waals surface area contributed by atoms with Crippen LogP contribution in [0.2, 0.25) is 0 Å². The molecule has 2 rings (SSSR count). The fourth-order valence-corrected chi connectivity index (χ4v) is 3.03. The lowest BCUT2D eigenvalue weighted by atomic mass is 10.00. The first-order valence-corrected chi connectivity index (χ1v) is 9.02. The zero-order valence-electron chi connectivity index (χ0n) is 16.7. The van der Waals surface area contributed by atoms with Crippen LogP contribution in [0, 0.1) is 20.8 Å². The number of benzene rings is 2. The molecule has 0 unspecified atom stereocenters. The topological polar surface area (TPSA) is 55.8 Å². The number of nitrogens with zero attached hydrogens (tertiary/aromatic N) is 1. The molecular weight excluding hydrogens is 342 g/mol. The number of amides is 1. The van der Waals surface area contributed by atoms with Gasteiger partial charge in [0.1, 0.15) is 5.75 Å². The van der Waals surface area contributed by atoms with Crippen molar-refractivity contribution in [2.24, 2.45) is 0 Å². The molecule has 0 heterocycles. The summed E-state index contributed by atoms with van der Waals surface area (Å²) in [5.74, 6) is 0.0838. The molecule has 27 heavy (non-hydrogen) atoms. The van der Waals surface area contributed by atoms with E-state index in [1.165, 1.54) is 4.90 Å². The summed E-state index contributed by atoms with van der Waals surface area (Å²) in [6, 6.07) is 11.5. The van der Waals surface area contributed by atoms with Gasteiger partial charge in [-0.2, -0.15) is 0 Å². The molecule has 144 valence electrons. The van der Waals surface area contributed by atoms with E-state index in [2.05, 4.69) is 0 Å². The summed E-state index contributed by atoms with van der Waals surface area (Å²) >= 11 is 0. The predicted molar refractivity (Wildman–Crippen MR) is 105 cm³/mol. The van der Waals surface area contributed by atoms with Gasteiger partial charge in [0.05, 0.1) is 12.2 Å². The number of likely N-dealkylation sites (N-methyl/N-ethyl adjacent to an activating group) is 1. The summed E-state index contributed by atoms with van der Waals surface area (Å²) < 4.78 is 10.7. The van der Waals surface area contributed by atoms with Crippen LogP contribution in [0.25, 0.3) is 0 Å². The second-order valence-electron chi connectivity index (χ2n) is 6.68. The smallest absolute Gasteiger partial charge is 0.339 e. The van der Waals surface area contributed by atoms with Crippen molar-refractivity contribution in [2.45, 2.75) is 34.2 Å². The molecule has 0 atom stereocenters. The summed E-state index contributed by atoms with van der Waals surface area (Å²) in [6.45, 7) is 8.43. The van der Waals surface area contributed by atoms with Crippen LogP contribution in [0.1, 0.15) is 39.5 Å². The Labute approximate surface area is 160 Å². The third-order valence-electron chi connectivity index (χ3n) is 4.29. The van der Waals surface area contributed by atoms with E-state index in [1.807, 2.05) is 64.1 Å². The minimum Gasteiger partial charge on any atom is -0.494 e. The van der Waals surface area contributed by atoms with Gasteiger partial charge in [-0.15, -0.1) is 0 Å². The number of ether oxygens (including phenoxy) is 2. The third kappa shape index (κ3) is 5.58. The van der Waals surface area contributed by atoms with Crippen molar-refractivity contribution in [3.63, 3.8) is 0 Å². The SMILES string of the molecule is CCOc1ccc(CN(C)C(=O)COC(=O)c2c(C)cc(C)cc2C)cc1. The molecule has 0 aliphatic rings. The van der Waals surface area contributed by atoms with Crippen molar-refractivity contribution in [3.05, 3.63) is 64.2 Å². The van der Waals surface area contributed by atoms with Crippen LogP contribution in [0.15, 0.2) is 36.4 Å². The molecule has 5 heteroatoms. The van der Waals surface area contributed by atoms with Crippen molar-refractivity contribution in [2.75, 3.05) is 20.3 Å². The van der Waals surface area contributed by atoms with Gasteiger partial charge in [0.25, 0.3) is 5.91 Å². The van der Waals surface area contributed by atoms with Crippen LogP contribution >= 0.6 is 0 Å². The van der Waals surface area contributed by atoms with Crippen molar-refractivity contribution in [1.29, 1.82) is 0 Å². The number of carbonyl (C=O) groups is 2. The Balaban J connectivity index is 1.92. The molecule has 5 nitrogen and oxygen atoms in total. The van der Waals surface area contributed by atoms with Gasteiger partial charge in [0.15, 0.2) is 6.61 Å². The molecule has 0 radical (unpaired) electrons. The number of rotatable bonds is 7. The molecule has 0 aromatic heterocycles. The van der Waals surface area contributed by atoms with Crippen LogP contribution in [-0.2, 0) is 16.1 Å². The first kappa shape index (κ1) is 20.5. The summed E-state index contributed by atoms with van der Waals surface area (Å²) in [5.41, 5.74) is 4.31. The van der Waals surface area contributed by atoms with Gasteiger partial charge in [0.2, 0.25) is 0 Å². The Morgan fingerprint density at radius 2 is 1.59 bits per heavy atom. The first-order chi connectivity index (χ1) is 12.8. The van der Waals surface area contributed by atoms with E-state index in [-0.39, 0.29) is 12.5 Å². The fourth-order valence-electron chi connectivity index (χ4n) is 3.03. The highest BCUT2D eigenvalue weighted by atomic mass is 16.5. The lowest BCUT2D eigenvalue weighted by molar-refractivity contribution is -0.133. The quantitative estimate of drug-likeness (QED) is 0.696. The van der Waals surface area contributed by atoms with E-state index < -0.39 is 5.97 Å². The Hall–Kier alpha value is -2.82. The van der Waals surface area contributed by atoms with Gasteiger partial charge >= 0.3 is 5.97 Å². The molecule has 0 saturated carbocycles. The molecule has 0 aliphatic carbocycles. The van der Waals surface area contributed by atoms with Crippen molar-refractivity contribution >= 4 is 11.9 Å². The summed E-state index contributed by atoms with van der Waals surface area (Å²) in [6.07, 6.45) is 0. The Morgan fingerprint density at radius 3 is 2.15 bits per heavy atom. The summed E-state index contributed by atoms with van der Waals surface area (Å²) in [7, 11) is 1.69. The maximum atomic E-state index is 12.4.